The summed E-state index contributed by atoms with van der Waals surface area (Å²) in [5.41, 5.74) is 6.32. The molecular formula is C17H23N2+. The highest BCUT2D eigenvalue weighted by Crippen LogP contribution is 2.38. The van der Waals surface area contributed by atoms with Crippen molar-refractivity contribution in [3.63, 3.8) is 0 Å². The standard InChI is InChI=1S/C17H22N2/c1-3-18-10-11-19-16-12(2)6-4-7-13(16)14-8-5-9-15(18)17(14)19/h4,6-7,15H,3,5,8-11H2,1-2H3/p+1/t15-/m0/s1. The number of quaternary nitrogens is 1. The second-order valence-corrected chi connectivity index (χ2v) is 6.19. The van der Waals surface area contributed by atoms with Gasteiger partial charge >= 0.3 is 0 Å². The number of aryl methyl sites for hydroxylation is 2. The van der Waals surface area contributed by atoms with Crippen LogP contribution >= 0.6 is 0 Å². The van der Waals surface area contributed by atoms with Gasteiger partial charge in [0.1, 0.15) is 6.04 Å². The fourth-order valence-electron chi connectivity index (χ4n) is 4.45. The van der Waals surface area contributed by atoms with E-state index < -0.39 is 0 Å². The molecule has 0 saturated heterocycles. The molecule has 0 bridgehead atoms. The summed E-state index contributed by atoms with van der Waals surface area (Å²) in [5.74, 6) is 0. The zero-order chi connectivity index (χ0) is 13.0. The van der Waals surface area contributed by atoms with Crippen LogP contribution in [0.4, 0.5) is 0 Å². The highest BCUT2D eigenvalue weighted by Gasteiger charge is 2.37. The van der Waals surface area contributed by atoms with Crippen LogP contribution in [0, 0.1) is 6.92 Å². The fraction of sp³-hybridized carbons (Fsp3) is 0.529. The molecule has 2 atom stereocenters. The van der Waals surface area contributed by atoms with E-state index in [0.29, 0.717) is 0 Å². The first kappa shape index (κ1) is 11.5. The number of para-hydroxylation sites is 1. The van der Waals surface area contributed by atoms with Crippen LogP contribution in [0.5, 0.6) is 0 Å². The summed E-state index contributed by atoms with van der Waals surface area (Å²) in [6.07, 6.45) is 4.04. The predicted molar refractivity (Wildman–Crippen MR) is 78.7 cm³/mol. The molecule has 2 aliphatic rings. The van der Waals surface area contributed by atoms with Gasteiger partial charge in [-0.15, -0.1) is 0 Å². The molecular weight excluding hydrogens is 232 g/mol. The number of benzene rings is 1. The molecule has 1 aliphatic carbocycles. The van der Waals surface area contributed by atoms with Gasteiger partial charge in [0.05, 0.1) is 30.8 Å². The molecule has 4 rings (SSSR count). The summed E-state index contributed by atoms with van der Waals surface area (Å²) in [6, 6.07) is 7.60. The van der Waals surface area contributed by atoms with Gasteiger partial charge in [-0.25, -0.2) is 0 Å². The van der Waals surface area contributed by atoms with E-state index in [4.69, 9.17) is 0 Å². The molecule has 2 aromatic rings. The molecule has 0 radical (unpaired) electrons. The van der Waals surface area contributed by atoms with Crippen molar-refractivity contribution in [2.45, 2.75) is 45.7 Å². The van der Waals surface area contributed by atoms with Gasteiger partial charge < -0.3 is 9.47 Å². The molecule has 100 valence electrons. The molecule has 1 aromatic carbocycles. The maximum Gasteiger partial charge on any atom is 0.129 e. The number of nitrogens with zero attached hydrogens (tertiary/aromatic N) is 1. The highest BCUT2D eigenvalue weighted by molar-refractivity contribution is 5.88. The van der Waals surface area contributed by atoms with Crippen molar-refractivity contribution in [2.24, 2.45) is 0 Å². The summed E-state index contributed by atoms with van der Waals surface area (Å²) in [7, 11) is 0. The predicted octanol–water partition coefficient (Wildman–Crippen LogP) is 2.25. The Labute approximate surface area is 115 Å². The zero-order valence-electron chi connectivity index (χ0n) is 12.0. The number of hydrogen-bond acceptors (Lipinski definition) is 0. The molecule has 0 saturated carbocycles. The third-order valence-electron chi connectivity index (χ3n) is 5.29. The summed E-state index contributed by atoms with van der Waals surface area (Å²) in [6.45, 7) is 8.38. The number of aromatic nitrogens is 1. The van der Waals surface area contributed by atoms with Gasteiger partial charge in [0.25, 0.3) is 0 Å². The van der Waals surface area contributed by atoms with Gasteiger partial charge in [-0.3, -0.25) is 0 Å². The Balaban J connectivity index is 2.05. The SMILES string of the molecule is CC[NH+]1CCn2c3c(c4cccc(C)c42)CCC[C@@H]31. The normalized spacial score (nSPS) is 25.6. The van der Waals surface area contributed by atoms with Crippen LogP contribution in [0.2, 0.25) is 0 Å². The highest BCUT2D eigenvalue weighted by atomic mass is 15.2. The smallest absolute Gasteiger partial charge is 0.129 e. The Morgan fingerprint density at radius 1 is 1.37 bits per heavy atom. The number of hydrogen-bond donors (Lipinski definition) is 1. The van der Waals surface area contributed by atoms with Crippen molar-refractivity contribution in [2.75, 3.05) is 13.1 Å². The minimum Gasteiger partial charge on any atom is -0.333 e. The van der Waals surface area contributed by atoms with Gasteiger partial charge in [-0.05, 0) is 37.8 Å². The monoisotopic (exact) mass is 255 g/mol. The Kier molecular flexibility index (Phi) is 2.49. The second kappa shape index (κ2) is 4.11. The zero-order valence-corrected chi connectivity index (χ0v) is 12.0. The van der Waals surface area contributed by atoms with Gasteiger partial charge in [0.2, 0.25) is 0 Å². The fourth-order valence-corrected chi connectivity index (χ4v) is 4.45. The van der Waals surface area contributed by atoms with E-state index in [-0.39, 0.29) is 0 Å². The molecule has 0 amide bonds. The van der Waals surface area contributed by atoms with Crippen LogP contribution in [-0.2, 0) is 13.0 Å². The van der Waals surface area contributed by atoms with E-state index in [1.807, 2.05) is 0 Å². The lowest BCUT2D eigenvalue weighted by Gasteiger charge is -2.36. The van der Waals surface area contributed by atoms with Crippen molar-refractivity contribution in [1.82, 2.24) is 4.57 Å². The molecule has 1 aromatic heterocycles. The summed E-state index contributed by atoms with van der Waals surface area (Å²) >= 11 is 0. The van der Waals surface area contributed by atoms with Gasteiger partial charge in [-0.2, -0.15) is 0 Å². The molecule has 2 heteroatoms. The van der Waals surface area contributed by atoms with Gasteiger partial charge in [0, 0.05) is 11.8 Å². The molecule has 0 spiro atoms. The minimum atomic E-state index is 0.759. The van der Waals surface area contributed by atoms with Crippen molar-refractivity contribution in [1.29, 1.82) is 0 Å². The van der Waals surface area contributed by atoms with E-state index in [1.165, 1.54) is 55.4 Å². The quantitative estimate of drug-likeness (QED) is 0.800. The number of rotatable bonds is 1. The van der Waals surface area contributed by atoms with Crippen molar-refractivity contribution in [3.8, 4) is 0 Å². The number of nitrogens with one attached hydrogen (secondary N) is 1. The van der Waals surface area contributed by atoms with E-state index in [1.54, 1.807) is 16.2 Å². The third-order valence-corrected chi connectivity index (χ3v) is 5.29. The topological polar surface area (TPSA) is 9.37 Å². The second-order valence-electron chi connectivity index (χ2n) is 6.19. The third kappa shape index (κ3) is 1.47. The minimum absolute atomic E-state index is 0.759. The van der Waals surface area contributed by atoms with Crippen LogP contribution in [0.3, 0.4) is 0 Å². The maximum atomic E-state index is 2.66. The lowest BCUT2D eigenvalue weighted by molar-refractivity contribution is -0.935. The van der Waals surface area contributed by atoms with Crippen LogP contribution in [-0.4, -0.2) is 17.7 Å². The van der Waals surface area contributed by atoms with Crippen LogP contribution < -0.4 is 4.90 Å². The summed E-state index contributed by atoms with van der Waals surface area (Å²) in [5, 5.41) is 1.54. The first-order valence-corrected chi connectivity index (χ1v) is 7.76. The van der Waals surface area contributed by atoms with Gasteiger partial charge in [0.15, 0.2) is 0 Å². The lowest BCUT2D eigenvalue weighted by Crippen LogP contribution is -3.13. The summed E-state index contributed by atoms with van der Waals surface area (Å²) in [4.78, 5) is 1.80. The van der Waals surface area contributed by atoms with Crippen LogP contribution in [0.25, 0.3) is 10.9 Å². The molecule has 2 nitrogen and oxygen atoms in total. The largest absolute Gasteiger partial charge is 0.333 e. The van der Waals surface area contributed by atoms with Crippen molar-refractivity contribution >= 4 is 10.9 Å². The molecule has 1 aliphatic heterocycles. The molecule has 1 unspecified atom stereocenters. The first-order chi connectivity index (χ1) is 9.31. The maximum absolute atomic E-state index is 2.66. The van der Waals surface area contributed by atoms with E-state index >= 15 is 0 Å². The summed E-state index contributed by atoms with van der Waals surface area (Å²) < 4.78 is 2.66. The van der Waals surface area contributed by atoms with E-state index in [2.05, 4.69) is 36.6 Å². The van der Waals surface area contributed by atoms with Crippen LogP contribution in [0.15, 0.2) is 18.2 Å². The number of fused-ring (bicyclic) bond motifs is 3. The number of likely N-dealkylation sites (N-methyl/N-ethyl adjacent to an activating group) is 1. The van der Waals surface area contributed by atoms with E-state index in [0.717, 1.165) is 6.04 Å². The van der Waals surface area contributed by atoms with E-state index in [9.17, 15) is 0 Å². The molecule has 19 heavy (non-hydrogen) atoms. The Bertz CT molecular complexity index is 638. The molecule has 2 heterocycles. The Hall–Kier alpha value is -1.28. The van der Waals surface area contributed by atoms with Crippen LogP contribution in [0.1, 0.15) is 42.6 Å². The van der Waals surface area contributed by atoms with Crippen molar-refractivity contribution in [3.05, 3.63) is 35.0 Å². The molecule has 0 fully saturated rings. The Morgan fingerprint density at radius 3 is 3.11 bits per heavy atom. The Morgan fingerprint density at radius 2 is 2.26 bits per heavy atom. The average Bonchev–Trinajstić information content (AvgIpc) is 2.77. The lowest BCUT2D eigenvalue weighted by atomic mass is 9.89. The van der Waals surface area contributed by atoms with Crippen molar-refractivity contribution < 1.29 is 4.90 Å². The average molecular weight is 255 g/mol. The molecule has 1 N–H and O–H groups in total. The first-order valence-electron chi connectivity index (χ1n) is 7.76. The van der Waals surface area contributed by atoms with Gasteiger partial charge in [-0.1, -0.05) is 18.2 Å².